The fourth-order valence-electron chi connectivity index (χ4n) is 0.944. The normalized spacial score (nSPS) is 10.5. The standard InChI is InChI=1S/C11H9BrO2S/c1-15-11(14)10(13)7-6-8-4-2-3-5-9(8)12/h2-7H,1H3/b7-6+. The van der Waals surface area contributed by atoms with E-state index in [2.05, 4.69) is 15.9 Å². The van der Waals surface area contributed by atoms with Crippen LogP contribution in [0.3, 0.4) is 0 Å². The van der Waals surface area contributed by atoms with Crippen LogP contribution < -0.4 is 0 Å². The predicted molar refractivity (Wildman–Crippen MR) is 66.7 cm³/mol. The van der Waals surface area contributed by atoms with E-state index in [1.807, 2.05) is 24.3 Å². The van der Waals surface area contributed by atoms with Crippen molar-refractivity contribution in [2.45, 2.75) is 0 Å². The molecule has 0 aliphatic heterocycles. The van der Waals surface area contributed by atoms with Crippen molar-refractivity contribution in [1.82, 2.24) is 0 Å². The Bertz CT molecular complexity index is 413. The number of halogens is 1. The van der Waals surface area contributed by atoms with Gasteiger partial charge >= 0.3 is 0 Å². The largest absolute Gasteiger partial charge is 0.285 e. The number of hydrogen-bond acceptors (Lipinski definition) is 3. The molecule has 4 heteroatoms. The third kappa shape index (κ3) is 3.64. The maximum atomic E-state index is 11.2. The summed E-state index contributed by atoms with van der Waals surface area (Å²) in [5.74, 6) is -0.488. The number of carbonyl (C=O) groups excluding carboxylic acids is 2. The summed E-state index contributed by atoms with van der Waals surface area (Å²) < 4.78 is 0.894. The van der Waals surface area contributed by atoms with Gasteiger partial charge < -0.3 is 0 Å². The van der Waals surface area contributed by atoms with Gasteiger partial charge in [-0.15, -0.1) is 0 Å². The molecule has 0 atom stereocenters. The van der Waals surface area contributed by atoms with Gasteiger partial charge in [0.2, 0.25) is 5.78 Å². The Labute approximate surface area is 101 Å². The summed E-state index contributed by atoms with van der Waals surface area (Å²) in [6.07, 6.45) is 4.51. The Hall–Kier alpha value is -0.870. The van der Waals surface area contributed by atoms with Crippen LogP contribution in [0.25, 0.3) is 6.08 Å². The van der Waals surface area contributed by atoms with E-state index in [0.717, 1.165) is 21.8 Å². The number of rotatable bonds is 3. The number of ketones is 1. The van der Waals surface area contributed by atoms with Gasteiger partial charge in [-0.3, -0.25) is 9.59 Å². The zero-order valence-electron chi connectivity index (χ0n) is 8.07. The molecule has 15 heavy (non-hydrogen) atoms. The highest BCUT2D eigenvalue weighted by Gasteiger charge is 2.07. The van der Waals surface area contributed by atoms with E-state index in [1.165, 1.54) is 6.08 Å². The van der Waals surface area contributed by atoms with Gasteiger partial charge in [-0.25, -0.2) is 0 Å². The first-order chi connectivity index (χ1) is 7.15. The lowest BCUT2D eigenvalue weighted by atomic mass is 10.2. The smallest absolute Gasteiger partial charge is 0.259 e. The second-order valence-corrected chi connectivity index (χ2v) is 4.34. The Morgan fingerprint density at radius 1 is 1.33 bits per heavy atom. The molecule has 0 aliphatic carbocycles. The van der Waals surface area contributed by atoms with Gasteiger partial charge in [0, 0.05) is 4.47 Å². The summed E-state index contributed by atoms with van der Waals surface area (Å²) in [4.78, 5) is 22.2. The molecule has 0 aliphatic rings. The number of benzene rings is 1. The molecular weight excluding hydrogens is 276 g/mol. The second-order valence-electron chi connectivity index (χ2n) is 2.71. The molecule has 0 fully saturated rings. The van der Waals surface area contributed by atoms with Gasteiger partial charge in [-0.1, -0.05) is 45.9 Å². The summed E-state index contributed by atoms with van der Waals surface area (Å²) >= 11 is 4.27. The Morgan fingerprint density at radius 2 is 2.00 bits per heavy atom. The van der Waals surface area contributed by atoms with Crippen LogP contribution in [0.1, 0.15) is 5.56 Å². The minimum atomic E-state index is -0.488. The summed E-state index contributed by atoms with van der Waals surface area (Å²) in [6, 6.07) is 7.49. The highest BCUT2D eigenvalue weighted by atomic mass is 79.9. The van der Waals surface area contributed by atoms with Gasteiger partial charge in [0.15, 0.2) is 0 Å². The van der Waals surface area contributed by atoms with Gasteiger partial charge in [0.25, 0.3) is 5.12 Å². The first kappa shape index (κ1) is 12.2. The lowest BCUT2D eigenvalue weighted by Crippen LogP contribution is -2.04. The lowest BCUT2D eigenvalue weighted by molar-refractivity contribution is -0.128. The molecule has 0 spiro atoms. The monoisotopic (exact) mass is 284 g/mol. The van der Waals surface area contributed by atoms with E-state index in [0.29, 0.717) is 0 Å². The van der Waals surface area contributed by atoms with Crippen molar-refractivity contribution in [1.29, 1.82) is 0 Å². The number of hydrogen-bond donors (Lipinski definition) is 0. The minimum absolute atomic E-state index is 0.446. The fourth-order valence-corrected chi connectivity index (χ4v) is 1.63. The Kier molecular flexibility index (Phi) is 4.78. The fraction of sp³-hybridized carbons (Fsp3) is 0.0909. The average Bonchev–Trinajstić information content (AvgIpc) is 2.26. The molecule has 0 radical (unpaired) electrons. The predicted octanol–water partition coefficient (Wildman–Crippen LogP) is 2.92. The van der Waals surface area contributed by atoms with E-state index in [4.69, 9.17) is 0 Å². The first-order valence-corrected chi connectivity index (χ1v) is 6.22. The van der Waals surface area contributed by atoms with E-state index in [-0.39, 0.29) is 0 Å². The molecule has 0 aromatic heterocycles. The molecule has 1 aromatic carbocycles. The number of thioether (sulfide) groups is 1. The third-order valence-corrected chi connectivity index (χ3v) is 3.00. The number of allylic oxidation sites excluding steroid dienone is 1. The molecule has 1 rings (SSSR count). The molecule has 0 unspecified atom stereocenters. The van der Waals surface area contributed by atoms with Crippen LogP contribution in [-0.2, 0) is 9.59 Å². The van der Waals surface area contributed by atoms with E-state index in [1.54, 1.807) is 12.3 Å². The Morgan fingerprint density at radius 3 is 2.60 bits per heavy atom. The minimum Gasteiger partial charge on any atom is -0.285 e. The van der Waals surface area contributed by atoms with Crippen LogP contribution in [0.5, 0.6) is 0 Å². The summed E-state index contributed by atoms with van der Waals surface area (Å²) in [6.45, 7) is 0. The van der Waals surface area contributed by atoms with Crippen molar-refractivity contribution < 1.29 is 9.59 Å². The van der Waals surface area contributed by atoms with Gasteiger partial charge in [-0.05, 0) is 30.0 Å². The molecule has 0 amide bonds. The maximum Gasteiger partial charge on any atom is 0.259 e. The molecule has 2 nitrogen and oxygen atoms in total. The SMILES string of the molecule is CSC(=O)C(=O)/C=C/c1ccccc1Br. The van der Waals surface area contributed by atoms with Gasteiger partial charge in [0.1, 0.15) is 0 Å². The molecule has 0 saturated carbocycles. The van der Waals surface area contributed by atoms with Crippen LogP contribution >= 0.6 is 27.7 Å². The van der Waals surface area contributed by atoms with Crippen molar-refractivity contribution in [3.8, 4) is 0 Å². The Balaban J connectivity index is 2.78. The number of carbonyl (C=O) groups is 2. The zero-order valence-corrected chi connectivity index (χ0v) is 10.5. The van der Waals surface area contributed by atoms with Gasteiger partial charge in [0.05, 0.1) is 0 Å². The van der Waals surface area contributed by atoms with Crippen LogP contribution in [0.15, 0.2) is 34.8 Å². The van der Waals surface area contributed by atoms with Crippen molar-refractivity contribution in [3.63, 3.8) is 0 Å². The molecular formula is C11H9BrO2S. The quantitative estimate of drug-likeness (QED) is 0.632. The van der Waals surface area contributed by atoms with E-state index >= 15 is 0 Å². The second kappa shape index (κ2) is 5.88. The van der Waals surface area contributed by atoms with Crippen molar-refractivity contribution >= 4 is 44.7 Å². The third-order valence-electron chi connectivity index (χ3n) is 1.71. The van der Waals surface area contributed by atoms with Crippen LogP contribution in [0, 0.1) is 0 Å². The summed E-state index contributed by atoms with van der Waals surface area (Å²) in [5.41, 5.74) is 0.875. The topological polar surface area (TPSA) is 34.1 Å². The van der Waals surface area contributed by atoms with E-state index in [9.17, 15) is 9.59 Å². The van der Waals surface area contributed by atoms with Crippen LogP contribution in [0.4, 0.5) is 0 Å². The van der Waals surface area contributed by atoms with E-state index < -0.39 is 10.9 Å². The highest BCUT2D eigenvalue weighted by molar-refractivity contribution is 9.10. The van der Waals surface area contributed by atoms with Crippen LogP contribution in [-0.4, -0.2) is 17.2 Å². The molecule has 0 N–H and O–H groups in total. The maximum absolute atomic E-state index is 11.2. The zero-order chi connectivity index (χ0) is 11.3. The van der Waals surface area contributed by atoms with Crippen molar-refractivity contribution in [2.24, 2.45) is 0 Å². The van der Waals surface area contributed by atoms with Crippen molar-refractivity contribution in [2.75, 3.05) is 6.26 Å². The van der Waals surface area contributed by atoms with Crippen molar-refractivity contribution in [3.05, 3.63) is 40.4 Å². The summed E-state index contributed by atoms with van der Waals surface area (Å²) in [7, 11) is 0. The molecule has 0 heterocycles. The summed E-state index contributed by atoms with van der Waals surface area (Å²) in [5, 5.41) is -0.446. The highest BCUT2D eigenvalue weighted by Crippen LogP contribution is 2.17. The molecule has 78 valence electrons. The molecule has 1 aromatic rings. The molecule has 0 bridgehead atoms. The van der Waals surface area contributed by atoms with Crippen LogP contribution in [0.2, 0.25) is 0 Å². The van der Waals surface area contributed by atoms with Gasteiger partial charge in [-0.2, -0.15) is 0 Å². The molecule has 0 saturated heterocycles. The first-order valence-electron chi connectivity index (χ1n) is 4.20. The lowest BCUT2D eigenvalue weighted by Gasteiger charge is -1.95. The average molecular weight is 285 g/mol.